The number of hydrogen-bond acceptors (Lipinski definition) is 5. The maximum Gasteiger partial charge on any atom is 0.194 e. The van der Waals surface area contributed by atoms with Gasteiger partial charge in [0.05, 0.1) is 0 Å². The molecule has 0 aliphatic rings. The maximum absolute atomic E-state index is 11.0. The molecular weight excluding hydrogens is 240 g/mol. The van der Waals surface area contributed by atoms with Crippen LogP contribution in [-0.2, 0) is 0 Å². The number of rotatable bonds is 4. The Morgan fingerprint density at radius 1 is 0.882 bits per heavy atom. The molecule has 5 heteroatoms. The average Bonchev–Trinajstić information content (AvgIpc) is 2.87. The molecule has 0 unspecified atom stereocenters. The van der Waals surface area contributed by atoms with Gasteiger partial charge in [-0.15, -0.1) is 0 Å². The van der Waals surface area contributed by atoms with Crippen LogP contribution in [0.1, 0.15) is 35.0 Å². The highest BCUT2D eigenvalue weighted by Crippen LogP contribution is 2.30. The molecule has 0 aliphatic carbocycles. The second kappa shape index (κ2) is 4.63. The Morgan fingerprint density at radius 3 is 1.59 bits per heavy atom. The molecule has 2 aromatic heterocycles. The summed E-state index contributed by atoms with van der Waals surface area (Å²) in [5.74, 6) is 0.373. The van der Waals surface area contributed by atoms with Crippen LogP contribution in [0.2, 0.25) is 0 Å². The van der Waals surface area contributed by atoms with E-state index in [0.29, 0.717) is 21.7 Å². The molecule has 17 heavy (non-hydrogen) atoms. The van der Waals surface area contributed by atoms with Gasteiger partial charge in [-0.1, -0.05) is 0 Å². The van der Waals surface area contributed by atoms with Crippen LogP contribution < -0.4 is 0 Å². The van der Waals surface area contributed by atoms with E-state index in [9.17, 15) is 9.59 Å². The van der Waals surface area contributed by atoms with Crippen molar-refractivity contribution in [2.24, 2.45) is 0 Å². The summed E-state index contributed by atoms with van der Waals surface area (Å²) in [6, 6.07) is 6.60. The number of Topliss-reactive ketones (excluding diaryl/α,β-unsaturated/α-hetero) is 2. The Hall–Kier alpha value is -1.75. The molecule has 88 valence electrons. The van der Waals surface area contributed by atoms with Crippen molar-refractivity contribution in [1.82, 2.24) is 0 Å². The number of carbonyl (C=O) groups excluding carboxylic acids is 2. The molecule has 2 heterocycles. The molecule has 0 N–H and O–H groups in total. The second-order valence-electron chi connectivity index (χ2n) is 3.45. The molecule has 0 aliphatic heterocycles. The van der Waals surface area contributed by atoms with Crippen LogP contribution in [0, 0.1) is 0 Å². The molecule has 0 saturated heterocycles. The van der Waals surface area contributed by atoms with Crippen LogP contribution in [0.4, 0.5) is 0 Å². The first-order chi connectivity index (χ1) is 8.06. The van der Waals surface area contributed by atoms with Crippen molar-refractivity contribution in [3.05, 3.63) is 35.8 Å². The number of ketones is 2. The smallest absolute Gasteiger partial charge is 0.194 e. The lowest BCUT2D eigenvalue weighted by molar-refractivity contribution is 0.0976. The minimum absolute atomic E-state index is 0.124. The first kappa shape index (κ1) is 11.7. The number of carbonyl (C=O) groups is 2. The fourth-order valence-electron chi connectivity index (χ4n) is 1.23. The molecule has 0 saturated carbocycles. The highest BCUT2D eigenvalue weighted by molar-refractivity contribution is 7.99. The minimum Gasteiger partial charge on any atom is -0.446 e. The first-order valence-electron chi connectivity index (χ1n) is 4.95. The van der Waals surface area contributed by atoms with E-state index in [0.717, 1.165) is 0 Å². The van der Waals surface area contributed by atoms with Crippen molar-refractivity contribution in [3.8, 4) is 0 Å². The third kappa shape index (κ3) is 2.68. The summed E-state index contributed by atoms with van der Waals surface area (Å²) in [6.07, 6.45) is 0. The zero-order valence-electron chi connectivity index (χ0n) is 9.35. The molecule has 0 atom stereocenters. The molecule has 0 amide bonds. The average molecular weight is 250 g/mol. The van der Waals surface area contributed by atoms with Crippen LogP contribution in [0.3, 0.4) is 0 Å². The Labute approximate surface area is 102 Å². The van der Waals surface area contributed by atoms with Gasteiger partial charge in [0, 0.05) is 13.8 Å². The summed E-state index contributed by atoms with van der Waals surface area (Å²) in [5.41, 5.74) is 0. The normalized spacial score (nSPS) is 10.5. The summed E-state index contributed by atoms with van der Waals surface area (Å²) in [7, 11) is 0. The van der Waals surface area contributed by atoms with Crippen LogP contribution in [-0.4, -0.2) is 11.6 Å². The topological polar surface area (TPSA) is 60.4 Å². The molecule has 0 fully saturated rings. The quantitative estimate of drug-likeness (QED) is 0.778. The van der Waals surface area contributed by atoms with Gasteiger partial charge in [0.25, 0.3) is 0 Å². The van der Waals surface area contributed by atoms with Crippen molar-refractivity contribution in [2.45, 2.75) is 24.0 Å². The van der Waals surface area contributed by atoms with Crippen molar-refractivity contribution in [3.63, 3.8) is 0 Å². The summed E-state index contributed by atoms with van der Waals surface area (Å²) in [5, 5.41) is 1.11. The first-order valence-corrected chi connectivity index (χ1v) is 5.77. The zero-order valence-corrected chi connectivity index (χ0v) is 10.2. The third-order valence-electron chi connectivity index (χ3n) is 2.06. The Balaban J connectivity index is 2.13. The maximum atomic E-state index is 11.0. The Bertz CT molecular complexity index is 514. The second-order valence-corrected chi connectivity index (χ2v) is 4.46. The van der Waals surface area contributed by atoms with E-state index in [1.165, 1.54) is 25.6 Å². The molecule has 2 rings (SSSR count). The van der Waals surface area contributed by atoms with Gasteiger partial charge in [0.15, 0.2) is 33.3 Å². The minimum atomic E-state index is -0.124. The van der Waals surface area contributed by atoms with E-state index in [2.05, 4.69) is 0 Å². The van der Waals surface area contributed by atoms with Gasteiger partial charge in [0.1, 0.15) is 0 Å². The fourth-order valence-corrected chi connectivity index (χ4v) is 1.96. The lowest BCUT2D eigenvalue weighted by Gasteiger charge is -1.92. The van der Waals surface area contributed by atoms with Gasteiger partial charge in [-0.25, -0.2) is 0 Å². The Kier molecular flexibility index (Phi) is 3.19. The molecule has 0 aromatic carbocycles. The third-order valence-corrected chi connectivity index (χ3v) is 2.90. The predicted molar refractivity (Wildman–Crippen MR) is 61.5 cm³/mol. The van der Waals surface area contributed by atoms with E-state index in [1.807, 2.05) is 0 Å². The molecular formula is C12H10O4S. The summed E-state index contributed by atoms with van der Waals surface area (Å²) < 4.78 is 10.6. The van der Waals surface area contributed by atoms with E-state index in [4.69, 9.17) is 8.83 Å². The van der Waals surface area contributed by atoms with Crippen molar-refractivity contribution < 1.29 is 18.4 Å². The van der Waals surface area contributed by atoms with Crippen molar-refractivity contribution >= 4 is 23.3 Å². The summed E-state index contributed by atoms with van der Waals surface area (Å²) in [4.78, 5) is 22.1. The largest absolute Gasteiger partial charge is 0.446 e. The number of hydrogen-bond donors (Lipinski definition) is 0. The standard InChI is InChI=1S/C12H10O4S/c1-7(13)9-3-5-11(15-9)17-12-6-4-10(16-12)8(2)14/h3-6H,1-2H3. The SMILES string of the molecule is CC(=O)c1ccc(Sc2ccc(C(C)=O)o2)o1. The lowest BCUT2D eigenvalue weighted by Crippen LogP contribution is -1.86. The van der Waals surface area contributed by atoms with Gasteiger partial charge in [-0.3, -0.25) is 9.59 Å². The molecule has 0 spiro atoms. The predicted octanol–water partition coefficient (Wildman–Crippen LogP) is 3.43. The Morgan fingerprint density at radius 2 is 1.29 bits per heavy atom. The number of furan rings is 2. The van der Waals surface area contributed by atoms with Gasteiger partial charge < -0.3 is 8.83 Å². The monoisotopic (exact) mass is 250 g/mol. The van der Waals surface area contributed by atoms with Crippen molar-refractivity contribution in [1.29, 1.82) is 0 Å². The van der Waals surface area contributed by atoms with Crippen molar-refractivity contribution in [2.75, 3.05) is 0 Å². The molecule has 2 aromatic rings. The lowest BCUT2D eigenvalue weighted by atomic mass is 10.3. The van der Waals surface area contributed by atoms with Gasteiger partial charge >= 0.3 is 0 Å². The van der Waals surface area contributed by atoms with Crippen LogP contribution in [0.15, 0.2) is 43.3 Å². The van der Waals surface area contributed by atoms with E-state index >= 15 is 0 Å². The van der Waals surface area contributed by atoms with Crippen LogP contribution in [0.25, 0.3) is 0 Å². The highest BCUT2D eigenvalue weighted by atomic mass is 32.2. The van der Waals surface area contributed by atoms with Gasteiger partial charge in [-0.05, 0) is 36.0 Å². The van der Waals surface area contributed by atoms with E-state index < -0.39 is 0 Å². The summed E-state index contributed by atoms with van der Waals surface area (Å²) in [6.45, 7) is 2.88. The van der Waals surface area contributed by atoms with Gasteiger partial charge in [-0.2, -0.15) is 0 Å². The zero-order chi connectivity index (χ0) is 12.4. The molecule has 0 radical (unpaired) electrons. The fraction of sp³-hybridized carbons (Fsp3) is 0.167. The highest BCUT2D eigenvalue weighted by Gasteiger charge is 2.11. The van der Waals surface area contributed by atoms with Crippen LogP contribution >= 0.6 is 11.8 Å². The summed E-state index contributed by atoms with van der Waals surface area (Å²) >= 11 is 1.23. The van der Waals surface area contributed by atoms with Crippen LogP contribution in [0.5, 0.6) is 0 Å². The van der Waals surface area contributed by atoms with E-state index in [-0.39, 0.29) is 11.6 Å². The molecule has 0 bridgehead atoms. The van der Waals surface area contributed by atoms with Gasteiger partial charge in [0.2, 0.25) is 0 Å². The van der Waals surface area contributed by atoms with E-state index in [1.54, 1.807) is 24.3 Å². The molecule has 4 nitrogen and oxygen atoms in total.